The summed E-state index contributed by atoms with van der Waals surface area (Å²) < 4.78 is 0. The summed E-state index contributed by atoms with van der Waals surface area (Å²) in [7, 11) is 0. The fraction of sp³-hybridized carbons (Fsp3) is 0.765. The second-order valence-corrected chi connectivity index (χ2v) is 8.00. The molecule has 1 N–H and O–H groups in total. The largest absolute Gasteiger partial charge is 0.339 e. The van der Waals surface area contributed by atoms with Crippen LogP contribution in [-0.2, 0) is 16.6 Å². The van der Waals surface area contributed by atoms with Crippen molar-refractivity contribution in [3.63, 3.8) is 0 Å². The first-order valence-corrected chi connectivity index (χ1v) is 9.25. The van der Waals surface area contributed by atoms with Crippen LogP contribution in [-0.4, -0.2) is 41.5 Å². The zero-order valence-electron chi connectivity index (χ0n) is 14.3. The van der Waals surface area contributed by atoms with Gasteiger partial charge in [0, 0.05) is 23.4 Å². The molecular formula is C17H29N3OS. The van der Waals surface area contributed by atoms with Crippen molar-refractivity contribution in [1.82, 2.24) is 15.2 Å². The lowest BCUT2D eigenvalue weighted by Gasteiger charge is -2.34. The fourth-order valence-electron chi connectivity index (χ4n) is 2.86. The van der Waals surface area contributed by atoms with Gasteiger partial charge in [0.2, 0.25) is 5.91 Å². The average Bonchev–Trinajstić information content (AvgIpc) is 2.94. The Morgan fingerprint density at radius 3 is 2.64 bits per heavy atom. The minimum Gasteiger partial charge on any atom is -0.339 e. The summed E-state index contributed by atoms with van der Waals surface area (Å²) in [5.41, 5.74) is 0.986. The third-order valence-electron chi connectivity index (χ3n) is 4.06. The van der Waals surface area contributed by atoms with Gasteiger partial charge in [-0.15, -0.1) is 11.3 Å². The molecule has 1 fully saturated rings. The highest BCUT2D eigenvalue weighted by atomic mass is 32.1. The van der Waals surface area contributed by atoms with Crippen LogP contribution in [0, 0.1) is 0 Å². The molecule has 2 rings (SSSR count). The predicted molar refractivity (Wildman–Crippen MR) is 92.4 cm³/mol. The maximum Gasteiger partial charge on any atom is 0.228 e. The first-order valence-electron chi connectivity index (χ1n) is 8.37. The minimum absolute atomic E-state index is 0.0596. The molecular weight excluding hydrogens is 294 g/mol. The molecule has 22 heavy (non-hydrogen) atoms. The third-order valence-corrected chi connectivity index (χ3v) is 5.38. The molecule has 2 heterocycles. The Bertz CT molecular complexity index is 486. The van der Waals surface area contributed by atoms with Gasteiger partial charge in [0.15, 0.2) is 0 Å². The number of carbonyl (C=O) groups is 1. The van der Waals surface area contributed by atoms with Gasteiger partial charge in [-0.3, -0.25) is 4.79 Å². The standard InChI is InChI=1S/C17H29N3OS/c1-5-10-20(14-6-8-18-9-7-14)15(21)11-13-12-22-16(19-13)17(2,3)4/h12,14,18H,5-11H2,1-4H3. The summed E-state index contributed by atoms with van der Waals surface area (Å²) in [6.07, 6.45) is 3.59. The maximum atomic E-state index is 12.7. The Hall–Kier alpha value is -0.940. The maximum absolute atomic E-state index is 12.7. The number of rotatable bonds is 5. The van der Waals surface area contributed by atoms with Crippen molar-refractivity contribution in [2.45, 2.75) is 64.8 Å². The molecule has 0 radical (unpaired) electrons. The van der Waals surface area contributed by atoms with Gasteiger partial charge < -0.3 is 10.2 Å². The first kappa shape index (κ1) is 17.4. The smallest absolute Gasteiger partial charge is 0.228 e. The number of piperidine rings is 1. The van der Waals surface area contributed by atoms with Crippen LogP contribution in [0.2, 0.25) is 0 Å². The number of carbonyl (C=O) groups excluding carboxylic acids is 1. The number of hydrogen-bond acceptors (Lipinski definition) is 4. The van der Waals surface area contributed by atoms with E-state index < -0.39 is 0 Å². The van der Waals surface area contributed by atoms with E-state index in [1.165, 1.54) is 0 Å². The van der Waals surface area contributed by atoms with E-state index in [9.17, 15) is 4.79 Å². The highest BCUT2D eigenvalue weighted by Crippen LogP contribution is 2.26. The molecule has 4 nitrogen and oxygen atoms in total. The molecule has 1 saturated heterocycles. The number of amides is 1. The minimum atomic E-state index is 0.0596. The fourth-order valence-corrected chi connectivity index (χ4v) is 3.77. The zero-order valence-corrected chi connectivity index (χ0v) is 15.1. The van der Waals surface area contributed by atoms with Crippen molar-refractivity contribution in [2.24, 2.45) is 0 Å². The number of nitrogens with zero attached hydrogens (tertiary/aromatic N) is 2. The molecule has 0 aliphatic carbocycles. The molecule has 0 bridgehead atoms. The highest BCUT2D eigenvalue weighted by molar-refractivity contribution is 7.09. The van der Waals surface area contributed by atoms with Gasteiger partial charge >= 0.3 is 0 Å². The molecule has 1 aliphatic rings. The molecule has 1 aromatic heterocycles. The van der Waals surface area contributed by atoms with Gasteiger partial charge in [-0.1, -0.05) is 27.7 Å². The van der Waals surface area contributed by atoms with E-state index in [1.54, 1.807) is 11.3 Å². The molecule has 5 heteroatoms. The van der Waals surface area contributed by atoms with E-state index in [0.29, 0.717) is 12.5 Å². The van der Waals surface area contributed by atoms with Crippen molar-refractivity contribution in [3.8, 4) is 0 Å². The summed E-state index contributed by atoms with van der Waals surface area (Å²) in [6, 6.07) is 0.398. The number of thiazole rings is 1. The molecule has 124 valence electrons. The SMILES string of the molecule is CCCN(C(=O)Cc1csc(C(C)(C)C)n1)C1CCNCC1. The zero-order chi connectivity index (χ0) is 16.2. The van der Waals surface area contributed by atoms with E-state index in [4.69, 9.17) is 0 Å². The molecule has 1 aromatic rings. The molecule has 0 atom stereocenters. The lowest BCUT2D eigenvalue weighted by Crippen LogP contribution is -2.47. The van der Waals surface area contributed by atoms with Crippen molar-refractivity contribution < 1.29 is 4.79 Å². The lowest BCUT2D eigenvalue weighted by molar-refractivity contribution is -0.133. The van der Waals surface area contributed by atoms with E-state index in [2.05, 4.69) is 42.9 Å². The van der Waals surface area contributed by atoms with Gasteiger partial charge in [0.1, 0.15) is 0 Å². The highest BCUT2D eigenvalue weighted by Gasteiger charge is 2.26. The van der Waals surface area contributed by atoms with Crippen LogP contribution in [0.15, 0.2) is 5.38 Å². The molecule has 0 aromatic carbocycles. The Morgan fingerprint density at radius 2 is 2.09 bits per heavy atom. The third kappa shape index (κ3) is 4.53. The van der Waals surface area contributed by atoms with E-state index >= 15 is 0 Å². The van der Waals surface area contributed by atoms with Crippen LogP contribution in [0.4, 0.5) is 0 Å². The van der Waals surface area contributed by atoms with Crippen LogP contribution in [0.5, 0.6) is 0 Å². The van der Waals surface area contributed by atoms with Crippen LogP contribution < -0.4 is 5.32 Å². The Balaban J connectivity index is 2.02. The predicted octanol–water partition coefficient (Wildman–Crippen LogP) is 2.97. The summed E-state index contributed by atoms with van der Waals surface area (Å²) in [5, 5.41) is 6.53. The molecule has 1 amide bonds. The Morgan fingerprint density at radius 1 is 1.41 bits per heavy atom. The van der Waals surface area contributed by atoms with Crippen LogP contribution in [0.25, 0.3) is 0 Å². The van der Waals surface area contributed by atoms with Crippen molar-refractivity contribution in [1.29, 1.82) is 0 Å². The Kier molecular flexibility index (Phi) is 5.98. The van der Waals surface area contributed by atoms with Gasteiger partial charge in [0.05, 0.1) is 17.1 Å². The summed E-state index contributed by atoms with van der Waals surface area (Å²) in [4.78, 5) is 19.5. The number of hydrogen-bond donors (Lipinski definition) is 1. The molecule has 0 spiro atoms. The number of aromatic nitrogens is 1. The Labute approximate surface area is 138 Å². The molecule has 1 aliphatic heterocycles. The van der Waals surface area contributed by atoms with Crippen LogP contribution in [0.3, 0.4) is 0 Å². The van der Waals surface area contributed by atoms with Crippen LogP contribution >= 0.6 is 11.3 Å². The second kappa shape index (κ2) is 7.55. The van der Waals surface area contributed by atoms with Gasteiger partial charge in [-0.2, -0.15) is 0 Å². The van der Waals surface area contributed by atoms with Gasteiger partial charge in [-0.25, -0.2) is 4.98 Å². The van der Waals surface area contributed by atoms with E-state index in [-0.39, 0.29) is 11.3 Å². The van der Waals surface area contributed by atoms with Crippen molar-refractivity contribution in [3.05, 3.63) is 16.1 Å². The lowest BCUT2D eigenvalue weighted by atomic mass is 9.98. The van der Waals surface area contributed by atoms with E-state index in [0.717, 1.165) is 49.6 Å². The van der Waals surface area contributed by atoms with E-state index in [1.807, 2.05) is 5.38 Å². The summed E-state index contributed by atoms with van der Waals surface area (Å²) >= 11 is 1.67. The van der Waals surface area contributed by atoms with Gasteiger partial charge in [0.25, 0.3) is 0 Å². The first-order chi connectivity index (χ1) is 10.4. The molecule has 0 unspecified atom stereocenters. The van der Waals surface area contributed by atoms with Crippen molar-refractivity contribution in [2.75, 3.05) is 19.6 Å². The number of nitrogens with one attached hydrogen (secondary N) is 1. The topological polar surface area (TPSA) is 45.2 Å². The summed E-state index contributed by atoms with van der Waals surface area (Å²) in [5.74, 6) is 0.236. The second-order valence-electron chi connectivity index (χ2n) is 7.14. The molecule has 0 saturated carbocycles. The summed E-state index contributed by atoms with van der Waals surface area (Å²) in [6.45, 7) is 11.5. The van der Waals surface area contributed by atoms with Crippen LogP contribution in [0.1, 0.15) is 57.7 Å². The average molecular weight is 324 g/mol. The van der Waals surface area contributed by atoms with Gasteiger partial charge in [-0.05, 0) is 32.4 Å². The quantitative estimate of drug-likeness (QED) is 0.906. The normalized spacial score (nSPS) is 16.7. The monoisotopic (exact) mass is 323 g/mol. The van der Waals surface area contributed by atoms with Crippen molar-refractivity contribution >= 4 is 17.2 Å².